The third-order valence-corrected chi connectivity index (χ3v) is 2.87. The summed E-state index contributed by atoms with van der Waals surface area (Å²) in [6.07, 6.45) is 0. The van der Waals surface area contributed by atoms with Crippen LogP contribution in [0.1, 0.15) is 11.4 Å². The molecule has 3 aromatic rings. The average Bonchev–Trinajstić information content (AvgIpc) is 2.92. The van der Waals surface area contributed by atoms with E-state index in [1.54, 1.807) is 0 Å². The number of aryl methyl sites for hydroxylation is 2. The van der Waals surface area contributed by atoms with E-state index in [0.29, 0.717) is 11.6 Å². The molecule has 1 N–H and O–H groups in total. The minimum Gasteiger partial charge on any atom is -0.259 e. The average molecular weight is 251 g/mol. The van der Waals surface area contributed by atoms with Crippen LogP contribution in [0.15, 0.2) is 36.4 Å². The van der Waals surface area contributed by atoms with E-state index in [-0.39, 0.29) is 0 Å². The van der Waals surface area contributed by atoms with E-state index in [0.717, 1.165) is 22.5 Å². The van der Waals surface area contributed by atoms with Gasteiger partial charge < -0.3 is 0 Å². The number of hydrogen-bond donors (Lipinski definition) is 1. The Labute approximate surface area is 110 Å². The zero-order valence-corrected chi connectivity index (χ0v) is 10.8. The summed E-state index contributed by atoms with van der Waals surface area (Å²) in [7, 11) is 0. The summed E-state index contributed by atoms with van der Waals surface area (Å²) in [5.74, 6) is 1.40. The zero-order valence-electron chi connectivity index (χ0n) is 10.8. The van der Waals surface area contributed by atoms with Gasteiger partial charge in [0.2, 0.25) is 0 Å². The first kappa shape index (κ1) is 11.5. The van der Waals surface area contributed by atoms with Gasteiger partial charge in [0.05, 0.1) is 11.4 Å². The summed E-state index contributed by atoms with van der Waals surface area (Å²) in [5.41, 5.74) is 3.61. The first-order chi connectivity index (χ1) is 9.24. The van der Waals surface area contributed by atoms with Gasteiger partial charge in [-0.05, 0) is 19.9 Å². The Kier molecular flexibility index (Phi) is 2.79. The lowest BCUT2D eigenvalue weighted by Crippen LogP contribution is -1.94. The molecule has 2 aromatic heterocycles. The maximum absolute atomic E-state index is 4.52. The Morgan fingerprint density at radius 3 is 2.58 bits per heavy atom. The first-order valence-corrected chi connectivity index (χ1v) is 6.03. The van der Waals surface area contributed by atoms with Crippen molar-refractivity contribution in [3.05, 3.63) is 47.8 Å². The molecule has 5 nitrogen and oxygen atoms in total. The molecule has 3 rings (SSSR count). The van der Waals surface area contributed by atoms with E-state index in [1.165, 1.54) is 0 Å². The van der Waals surface area contributed by atoms with Gasteiger partial charge >= 0.3 is 0 Å². The lowest BCUT2D eigenvalue weighted by Gasteiger charge is -2.00. The molecule has 0 saturated carbocycles. The summed E-state index contributed by atoms with van der Waals surface area (Å²) in [6.45, 7) is 3.82. The standard InChI is InChI=1S/C14H13N5/c1-9-8-12(10(2)17-16-9)14-15-13(18-19-14)11-6-4-3-5-7-11/h3-8H,1-2H3,(H,15,18,19). The van der Waals surface area contributed by atoms with Gasteiger partial charge in [0, 0.05) is 11.1 Å². The molecule has 0 amide bonds. The van der Waals surface area contributed by atoms with Gasteiger partial charge in [-0.1, -0.05) is 30.3 Å². The highest BCUT2D eigenvalue weighted by Gasteiger charge is 2.10. The molecular weight excluding hydrogens is 238 g/mol. The van der Waals surface area contributed by atoms with Gasteiger partial charge in [0.25, 0.3) is 0 Å². The smallest absolute Gasteiger partial charge is 0.181 e. The fourth-order valence-electron chi connectivity index (χ4n) is 1.89. The normalized spacial score (nSPS) is 10.6. The van der Waals surface area contributed by atoms with Crippen LogP contribution >= 0.6 is 0 Å². The predicted molar refractivity (Wildman–Crippen MR) is 72.3 cm³/mol. The van der Waals surface area contributed by atoms with Crippen molar-refractivity contribution >= 4 is 0 Å². The fourth-order valence-corrected chi connectivity index (χ4v) is 1.89. The minimum atomic E-state index is 0.685. The number of benzene rings is 1. The highest BCUT2D eigenvalue weighted by Crippen LogP contribution is 2.21. The lowest BCUT2D eigenvalue weighted by atomic mass is 10.2. The third-order valence-electron chi connectivity index (χ3n) is 2.87. The maximum atomic E-state index is 4.52. The second-order valence-corrected chi connectivity index (χ2v) is 4.36. The minimum absolute atomic E-state index is 0.685. The Hall–Kier alpha value is -2.56. The van der Waals surface area contributed by atoms with Crippen LogP contribution in [0.5, 0.6) is 0 Å². The van der Waals surface area contributed by atoms with Crippen molar-refractivity contribution in [2.24, 2.45) is 0 Å². The second-order valence-electron chi connectivity index (χ2n) is 4.36. The van der Waals surface area contributed by atoms with Gasteiger partial charge in [-0.2, -0.15) is 15.3 Å². The molecule has 5 heteroatoms. The summed E-state index contributed by atoms with van der Waals surface area (Å²) in [5, 5.41) is 15.3. The van der Waals surface area contributed by atoms with Crippen LogP contribution in [0.4, 0.5) is 0 Å². The number of nitrogens with zero attached hydrogens (tertiary/aromatic N) is 4. The molecule has 1 aromatic carbocycles. The van der Waals surface area contributed by atoms with Gasteiger partial charge in [-0.15, -0.1) is 0 Å². The van der Waals surface area contributed by atoms with Crippen LogP contribution in [0, 0.1) is 13.8 Å². The van der Waals surface area contributed by atoms with E-state index >= 15 is 0 Å². The molecule has 0 aliphatic carbocycles. The molecule has 0 radical (unpaired) electrons. The van der Waals surface area contributed by atoms with Crippen molar-refractivity contribution in [1.82, 2.24) is 25.4 Å². The van der Waals surface area contributed by atoms with Crippen LogP contribution in [-0.4, -0.2) is 25.4 Å². The molecule has 0 atom stereocenters. The molecule has 94 valence electrons. The molecule has 0 aliphatic rings. The highest BCUT2D eigenvalue weighted by molar-refractivity contribution is 5.62. The monoisotopic (exact) mass is 251 g/mol. The largest absolute Gasteiger partial charge is 0.259 e. The van der Waals surface area contributed by atoms with Crippen molar-refractivity contribution in [3.63, 3.8) is 0 Å². The molecule has 0 bridgehead atoms. The lowest BCUT2D eigenvalue weighted by molar-refractivity contribution is 0.938. The Morgan fingerprint density at radius 2 is 1.79 bits per heavy atom. The molecule has 0 saturated heterocycles. The van der Waals surface area contributed by atoms with Crippen molar-refractivity contribution in [2.45, 2.75) is 13.8 Å². The summed E-state index contributed by atoms with van der Waals surface area (Å²) in [4.78, 5) is 4.52. The van der Waals surface area contributed by atoms with Crippen molar-refractivity contribution in [2.75, 3.05) is 0 Å². The van der Waals surface area contributed by atoms with Crippen molar-refractivity contribution in [1.29, 1.82) is 0 Å². The van der Waals surface area contributed by atoms with E-state index in [4.69, 9.17) is 0 Å². The van der Waals surface area contributed by atoms with Crippen LogP contribution < -0.4 is 0 Å². The van der Waals surface area contributed by atoms with Crippen LogP contribution in [0.2, 0.25) is 0 Å². The summed E-state index contributed by atoms with van der Waals surface area (Å²) < 4.78 is 0. The van der Waals surface area contributed by atoms with Gasteiger partial charge in [-0.25, -0.2) is 4.98 Å². The van der Waals surface area contributed by atoms with Crippen LogP contribution in [0.25, 0.3) is 22.8 Å². The molecule has 0 spiro atoms. The summed E-state index contributed by atoms with van der Waals surface area (Å²) >= 11 is 0. The predicted octanol–water partition coefficient (Wildman–Crippen LogP) is 2.55. The quantitative estimate of drug-likeness (QED) is 0.760. The SMILES string of the molecule is Cc1cc(-c2nc(-c3ccccc3)n[nH]2)c(C)nn1. The molecular formula is C14H13N5. The number of aromatic nitrogens is 5. The van der Waals surface area contributed by atoms with E-state index in [1.807, 2.05) is 50.2 Å². The molecule has 0 unspecified atom stereocenters. The number of hydrogen-bond acceptors (Lipinski definition) is 4. The van der Waals surface area contributed by atoms with Crippen LogP contribution in [0.3, 0.4) is 0 Å². The first-order valence-electron chi connectivity index (χ1n) is 6.03. The third kappa shape index (κ3) is 2.22. The maximum Gasteiger partial charge on any atom is 0.181 e. The Bertz CT molecular complexity index is 703. The molecule has 2 heterocycles. The second kappa shape index (κ2) is 4.61. The number of nitrogens with one attached hydrogen (secondary N) is 1. The number of H-pyrrole nitrogens is 1. The topological polar surface area (TPSA) is 67.3 Å². The van der Waals surface area contributed by atoms with E-state index < -0.39 is 0 Å². The Morgan fingerprint density at radius 1 is 1.00 bits per heavy atom. The molecule has 0 fully saturated rings. The number of rotatable bonds is 2. The van der Waals surface area contributed by atoms with E-state index in [2.05, 4.69) is 25.4 Å². The van der Waals surface area contributed by atoms with Gasteiger partial charge in [-0.3, -0.25) is 5.10 Å². The zero-order chi connectivity index (χ0) is 13.2. The summed E-state index contributed by atoms with van der Waals surface area (Å²) in [6, 6.07) is 11.8. The number of aromatic amines is 1. The van der Waals surface area contributed by atoms with Crippen molar-refractivity contribution in [3.8, 4) is 22.8 Å². The Balaban J connectivity index is 2.04. The van der Waals surface area contributed by atoms with Crippen molar-refractivity contribution < 1.29 is 0 Å². The molecule has 19 heavy (non-hydrogen) atoms. The highest BCUT2D eigenvalue weighted by atomic mass is 15.2. The van der Waals surface area contributed by atoms with Crippen LogP contribution in [-0.2, 0) is 0 Å². The van der Waals surface area contributed by atoms with E-state index in [9.17, 15) is 0 Å². The van der Waals surface area contributed by atoms with Gasteiger partial charge in [0.1, 0.15) is 0 Å². The fraction of sp³-hybridized carbons (Fsp3) is 0.143. The van der Waals surface area contributed by atoms with Gasteiger partial charge in [0.15, 0.2) is 11.6 Å². The molecule has 0 aliphatic heterocycles.